The lowest BCUT2D eigenvalue weighted by molar-refractivity contribution is -0.147. The summed E-state index contributed by atoms with van der Waals surface area (Å²) in [6.45, 7) is 2.46. The summed E-state index contributed by atoms with van der Waals surface area (Å²) in [6.07, 6.45) is 1.64. The molecule has 0 radical (unpaired) electrons. The first-order valence-corrected chi connectivity index (χ1v) is 6.23. The second kappa shape index (κ2) is 5.96. The number of esters is 1. The Labute approximate surface area is 107 Å². The van der Waals surface area contributed by atoms with Gasteiger partial charge in [-0.3, -0.25) is 9.69 Å². The van der Waals surface area contributed by atoms with Crippen molar-refractivity contribution in [1.29, 1.82) is 0 Å². The number of nitrogens with zero attached hydrogens (tertiary/aromatic N) is 1. The van der Waals surface area contributed by atoms with E-state index in [-0.39, 0.29) is 17.7 Å². The third kappa shape index (κ3) is 3.29. The number of hydrogen-bond acceptors (Lipinski definition) is 3. The summed E-state index contributed by atoms with van der Waals surface area (Å²) in [5.74, 6) is -0.281. The van der Waals surface area contributed by atoms with Crippen molar-refractivity contribution in [1.82, 2.24) is 4.90 Å². The van der Waals surface area contributed by atoms with E-state index in [2.05, 4.69) is 4.90 Å². The molecule has 1 fully saturated rings. The summed E-state index contributed by atoms with van der Waals surface area (Å²) in [5.41, 5.74) is 0.978. The number of piperidine rings is 1. The zero-order valence-electron chi connectivity index (χ0n) is 10.6. The maximum atomic E-state index is 13.1. The topological polar surface area (TPSA) is 29.5 Å². The minimum Gasteiger partial charge on any atom is -0.469 e. The number of likely N-dealkylation sites (tertiary alicyclic amines) is 1. The molecule has 0 aromatic heterocycles. The predicted octanol–water partition coefficient (Wildman–Crippen LogP) is 2.21. The summed E-state index contributed by atoms with van der Waals surface area (Å²) in [4.78, 5) is 13.6. The van der Waals surface area contributed by atoms with Crippen molar-refractivity contribution in [3.05, 3.63) is 35.6 Å². The minimum absolute atomic E-state index is 0.0266. The monoisotopic (exact) mass is 251 g/mol. The Hall–Kier alpha value is -1.42. The molecule has 1 aliphatic rings. The Balaban J connectivity index is 1.85. The Morgan fingerprint density at radius 3 is 2.78 bits per heavy atom. The van der Waals surface area contributed by atoms with Crippen LogP contribution in [0.2, 0.25) is 0 Å². The van der Waals surface area contributed by atoms with Crippen LogP contribution in [0.4, 0.5) is 4.39 Å². The first-order valence-electron chi connectivity index (χ1n) is 6.23. The van der Waals surface area contributed by atoms with Crippen molar-refractivity contribution in [3.63, 3.8) is 0 Å². The molecule has 1 aliphatic heterocycles. The van der Waals surface area contributed by atoms with Crippen molar-refractivity contribution in [2.75, 3.05) is 20.2 Å². The molecule has 1 heterocycles. The van der Waals surface area contributed by atoms with E-state index in [1.807, 2.05) is 6.07 Å². The molecule has 0 bridgehead atoms. The number of methoxy groups -OCH3 is 1. The Bertz CT molecular complexity index is 414. The highest BCUT2D eigenvalue weighted by Crippen LogP contribution is 2.20. The second-order valence-corrected chi connectivity index (χ2v) is 4.70. The number of carbonyl (C=O) groups excluding carboxylic acids is 1. The summed E-state index contributed by atoms with van der Waals surface area (Å²) in [7, 11) is 1.43. The predicted molar refractivity (Wildman–Crippen MR) is 66.4 cm³/mol. The van der Waals surface area contributed by atoms with Gasteiger partial charge >= 0.3 is 5.97 Å². The number of rotatable bonds is 3. The van der Waals surface area contributed by atoms with Crippen LogP contribution >= 0.6 is 0 Å². The molecule has 1 aromatic rings. The quantitative estimate of drug-likeness (QED) is 0.771. The highest BCUT2D eigenvalue weighted by Gasteiger charge is 2.25. The van der Waals surface area contributed by atoms with Gasteiger partial charge in [0.1, 0.15) is 5.82 Å². The first-order chi connectivity index (χ1) is 8.69. The molecule has 0 amide bonds. The number of hydrogen-bond donors (Lipinski definition) is 0. The van der Waals surface area contributed by atoms with Gasteiger partial charge in [0.2, 0.25) is 0 Å². The van der Waals surface area contributed by atoms with Crippen LogP contribution in [-0.4, -0.2) is 31.1 Å². The van der Waals surface area contributed by atoms with Gasteiger partial charge in [0, 0.05) is 6.54 Å². The largest absolute Gasteiger partial charge is 0.469 e. The molecular formula is C14H18FNO2. The summed E-state index contributed by atoms with van der Waals surface area (Å²) in [6, 6.07) is 6.67. The standard InChI is InChI=1S/C14H18FNO2/c1-18-14(17)12-5-7-16(8-6-12)10-11-3-2-4-13(15)9-11/h2-4,9,12H,5-8,10H2,1H3. The van der Waals surface area contributed by atoms with E-state index in [1.54, 1.807) is 12.1 Å². The first kappa shape index (κ1) is 13.0. The lowest BCUT2D eigenvalue weighted by atomic mass is 9.96. The smallest absolute Gasteiger partial charge is 0.308 e. The van der Waals surface area contributed by atoms with Gasteiger partial charge in [-0.2, -0.15) is 0 Å². The maximum absolute atomic E-state index is 13.1. The molecule has 0 spiro atoms. The molecule has 1 saturated heterocycles. The van der Waals surface area contributed by atoms with E-state index in [4.69, 9.17) is 4.74 Å². The number of benzene rings is 1. The van der Waals surface area contributed by atoms with Crippen molar-refractivity contribution in [2.45, 2.75) is 19.4 Å². The molecule has 3 nitrogen and oxygen atoms in total. The molecule has 0 saturated carbocycles. The van der Waals surface area contributed by atoms with Crippen molar-refractivity contribution >= 4 is 5.97 Å². The van der Waals surface area contributed by atoms with Crippen LogP contribution in [0.15, 0.2) is 24.3 Å². The van der Waals surface area contributed by atoms with E-state index in [9.17, 15) is 9.18 Å². The summed E-state index contributed by atoms with van der Waals surface area (Å²) < 4.78 is 17.8. The van der Waals surface area contributed by atoms with Gasteiger partial charge in [0.05, 0.1) is 13.0 Å². The number of halogens is 1. The molecule has 0 aliphatic carbocycles. The molecule has 4 heteroatoms. The normalized spacial score (nSPS) is 17.7. The molecule has 0 N–H and O–H groups in total. The molecule has 98 valence electrons. The highest BCUT2D eigenvalue weighted by atomic mass is 19.1. The fourth-order valence-electron chi connectivity index (χ4n) is 2.39. The highest BCUT2D eigenvalue weighted by molar-refractivity contribution is 5.72. The zero-order valence-corrected chi connectivity index (χ0v) is 10.6. The van der Waals surface area contributed by atoms with E-state index in [0.717, 1.165) is 38.0 Å². The van der Waals surface area contributed by atoms with Gasteiger partial charge in [-0.25, -0.2) is 4.39 Å². The SMILES string of the molecule is COC(=O)C1CCN(Cc2cccc(F)c2)CC1. The summed E-state index contributed by atoms with van der Waals surface area (Å²) in [5, 5.41) is 0. The van der Waals surface area contributed by atoms with Gasteiger partial charge in [0.25, 0.3) is 0 Å². The van der Waals surface area contributed by atoms with E-state index >= 15 is 0 Å². The Morgan fingerprint density at radius 1 is 1.44 bits per heavy atom. The van der Waals surface area contributed by atoms with Gasteiger partial charge in [-0.1, -0.05) is 12.1 Å². The fourth-order valence-corrected chi connectivity index (χ4v) is 2.39. The van der Waals surface area contributed by atoms with Crippen LogP contribution in [0.3, 0.4) is 0 Å². The van der Waals surface area contributed by atoms with Crippen LogP contribution in [0.5, 0.6) is 0 Å². The van der Waals surface area contributed by atoms with E-state index in [0.29, 0.717) is 0 Å². The fraction of sp³-hybridized carbons (Fsp3) is 0.500. The van der Waals surface area contributed by atoms with Gasteiger partial charge < -0.3 is 4.74 Å². The Kier molecular flexibility index (Phi) is 4.31. The second-order valence-electron chi connectivity index (χ2n) is 4.70. The minimum atomic E-state index is -0.197. The maximum Gasteiger partial charge on any atom is 0.308 e. The average Bonchev–Trinajstić information content (AvgIpc) is 2.39. The lowest BCUT2D eigenvalue weighted by Crippen LogP contribution is -2.36. The molecule has 1 aromatic carbocycles. The zero-order chi connectivity index (χ0) is 13.0. The third-order valence-corrected chi connectivity index (χ3v) is 3.42. The summed E-state index contributed by atoms with van der Waals surface area (Å²) >= 11 is 0. The lowest BCUT2D eigenvalue weighted by Gasteiger charge is -2.30. The Morgan fingerprint density at radius 2 is 2.17 bits per heavy atom. The molecular weight excluding hydrogens is 233 g/mol. The number of ether oxygens (including phenoxy) is 1. The third-order valence-electron chi connectivity index (χ3n) is 3.42. The van der Waals surface area contributed by atoms with Crippen LogP contribution in [0, 0.1) is 11.7 Å². The molecule has 18 heavy (non-hydrogen) atoms. The van der Waals surface area contributed by atoms with Crippen LogP contribution in [0.1, 0.15) is 18.4 Å². The van der Waals surface area contributed by atoms with Crippen LogP contribution in [0.25, 0.3) is 0 Å². The van der Waals surface area contributed by atoms with Gasteiger partial charge in [-0.05, 0) is 43.6 Å². The molecule has 2 rings (SSSR count). The molecule has 0 unspecified atom stereocenters. The van der Waals surface area contributed by atoms with Crippen molar-refractivity contribution in [3.8, 4) is 0 Å². The molecule has 0 atom stereocenters. The van der Waals surface area contributed by atoms with E-state index < -0.39 is 0 Å². The van der Waals surface area contributed by atoms with Crippen LogP contribution < -0.4 is 0 Å². The van der Waals surface area contributed by atoms with Crippen molar-refractivity contribution in [2.24, 2.45) is 5.92 Å². The van der Waals surface area contributed by atoms with Crippen molar-refractivity contribution < 1.29 is 13.9 Å². The van der Waals surface area contributed by atoms with Crippen LogP contribution in [-0.2, 0) is 16.1 Å². The van der Waals surface area contributed by atoms with Gasteiger partial charge in [0.15, 0.2) is 0 Å². The van der Waals surface area contributed by atoms with Gasteiger partial charge in [-0.15, -0.1) is 0 Å². The average molecular weight is 251 g/mol. The van der Waals surface area contributed by atoms with E-state index in [1.165, 1.54) is 13.2 Å². The number of carbonyl (C=O) groups is 1.